The lowest BCUT2D eigenvalue weighted by atomic mass is 9.97. The summed E-state index contributed by atoms with van der Waals surface area (Å²) in [5.41, 5.74) is 1.18. The fraction of sp³-hybridized carbons (Fsp3) is 0.292. The van der Waals surface area contributed by atoms with Crippen molar-refractivity contribution < 1.29 is 22.7 Å². The molecular weight excluding hydrogens is 456 g/mol. The van der Waals surface area contributed by atoms with Crippen LogP contribution in [0.2, 0.25) is 0 Å². The Hall–Kier alpha value is -3.50. The second-order valence-corrected chi connectivity index (χ2v) is 9.83. The molecule has 0 spiro atoms. The van der Waals surface area contributed by atoms with Gasteiger partial charge in [-0.2, -0.15) is 9.40 Å². The number of rotatable bonds is 7. The first-order valence-corrected chi connectivity index (χ1v) is 12.5. The Bertz CT molecular complexity index is 1250. The first kappa shape index (κ1) is 23.7. The number of esters is 1. The molecule has 1 fully saturated rings. The van der Waals surface area contributed by atoms with Crippen molar-refractivity contribution in [2.75, 3.05) is 25.0 Å². The van der Waals surface area contributed by atoms with Gasteiger partial charge in [0.15, 0.2) is 5.82 Å². The predicted molar refractivity (Wildman–Crippen MR) is 126 cm³/mol. The highest BCUT2D eigenvalue weighted by Gasteiger charge is 2.32. The van der Waals surface area contributed by atoms with E-state index in [0.29, 0.717) is 24.2 Å². The fourth-order valence-corrected chi connectivity index (χ4v) is 5.30. The Morgan fingerprint density at radius 1 is 1.03 bits per heavy atom. The van der Waals surface area contributed by atoms with Gasteiger partial charge in [-0.05, 0) is 56.2 Å². The van der Waals surface area contributed by atoms with Gasteiger partial charge in [-0.15, -0.1) is 0 Å². The van der Waals surface area contributed by atoms with Gasteiger partial charge in [0.05, 0.1) is 22.8 Å². The monoisotopic (exact) mass is 482 g/mol. The molecule has 1 aliphatic heterocycles. The predicted octanol–water partition coefficient (Wildman–Crippen LogP) is 3.09. The fourth-order valence-electron chi connectivity index (χ4n) is 3.83. The number of aromatic nitrogens is 2. The SMILES string of the molecule is CCOC(=O)c1ccc(S(=O)(=O)N2CCC(C(=O)Nc3ccn(-c4ccccc4)n3)CC2)cc1. The average molecular weight is 483 g/mol. The molecule has 1 N–H and O–H groups in total. The molecule has 0 atom stereocenters. The highest BCUT2D eigenvalue weighted by molar-refractivity contribution is 7.89. The van der Waals surface area contributed by atoms with Crippen molar-refractivity contribution in [2.45, 2.75) is 24.7 Å². The standard InChI is InChI=1S/C24H26N4O5S/c1-2-33-24(30)19-8-10-21(11-9-19)34(31,32)27-15-12-18(13-16-27)23(29)25-22-14-17-28(26-22)20-6-4-3-5-7-20/h3-11,14,17-18H,2,12-13,15-16H2,1H3,(H,25,26,29). The topological polar surface area (TPSA) is 111 Å². The molecular formula is C24H26N4O5S. The molecule has 9 nitrogen and oxygen atoms in total. The second kappa shape index (κ2) is 10.2. The van der Waals surface area contributed by atoms with Gasteiger partial charge in [-0.1, -0.05) is 18.2 Å². The van der Waals surface area contributed by atoms with Crippen molar-refractivity contribution in [3.8, 4) is 5.69 Å². The number of amides is 1. The van der Waals surface area contributed by atoms with E-state index >= 15 is 0 Å². The Kier molecular flexibility index (Phi) is 7.09. The number of para-hydroxylation sites is 1. The molecule has 1 amide bonds. The van der Waals surface area contributed by atoms with Gasteiger partial charge in [0, 0.05) is 31.3 Å². The third kappa shape index (κ3) is 5.18. The van der Waals surface area contributed by atoms with Crippen molar-refractivity contribution in [1.82, 2.24) is 14.1 Å². The molecule has 2 aromatic carbocycles. The van der Waals surface area contributed by atoms with Crippen LogP contribution in [0.1, 0.15) is 30.1 Å². The van der Waals surface area contributed by atoms with Crippen molar-refractivity contribution in [2.24, 2.45) is 5.92 Å². The summed E-state index contributed by atoms with van der Waals surface area (Å²) in [7, 11) is -3.72. The third-order valence-electron chi connectivity index (χ3n) is 5.69. The Morgan fingerprint density at radius 2 is 1.71 bits per heavy atom. The largest absolute Gasteiger partial charge is 0.462 e. The van der Waals surface area contributed by atoms with E-state index in [9.17, 15) is 18.0 Å². The summed E-state index contributed by atoms with van der Waals surface area (Å²) >= 11 is 0. The highest BCUT2D eigenvalue weighted by atomic mass is 32.2. The summed E-state index contributed by atoms with van der Waals surface area (Å²) in [6.45, 7) is 2.42. The number of hydrogen-bond acceptors (Lipinski definition) is 6. The van der Waals surface area contributed by atoms with Gasteiger partial charge in [0.2, 0.25) is 15.9 Å². The normalized spacial score (nSPS) is 15.1. The molecule has 0 unspecified atom stereocenters. The Labute approximate surface area is 198 Å². The van der Waals surface area contributed by atoms with Crippen LogP contribution >= 0.6 is 0 Å². The van der Waals surface area contributed by atoms with Crippen LogP contribution in [-0.2, 0) is 19.6 Å². The number of nitrogens with one attached hydrogen (secondary N) is 1. The summed E-state index contributed by atoms with van der Waals surface area (Å²) < 4.78 is 34.0. The van der Waals surface area contributed by atoms with Crippen LogP contribution in [0.3, 0.4) is 0 Å². The van der Waals surface area contributed by atoms with Gasteiger partial charge >= 0.3 is 5.97 Å². The number of carbonyl (C=O) groups is 2. The Morgan fingerprint density at radius 3 is 2.35 bits per heavy atom. The quantitative estimate of drug-likeness (QED) is 0.518. The van der Waals surface area contributed by atoms with Crippen LogP contribution < -0.4 is 5.32 Å². The molecule has 3 aromatic rings. The molecule has 1 aliphatic rings. The van der Waals surface area contributed by atoms with Gasteiger partial charge in [0.25, 0.3) is 0 Å². The molecule has 0 radical (unpaired) electrons. The van der Waals surface area contributed by atoms with E-state index in [0.717, 1.165) is 5.69 Å². The van der Waals surface area contributed by atoms with E-state index in [4.69, 9.17) is 4.74 Å². The second-order valence-electron chi connectivity index (χ2n) is 7.89. The maximum Gasteiger partial charge on any atom is 0.338 e. The lowest BCUT2D eigenvalue weighted by Gasteiger charge is -2.30. The summed E-state index contributed by atoms with van der Waals surface area (Å²) in [6.07, 6.45) is 2.59. The van der Waals surface area contributed by atoms with Crippen LogP contribution in [0.5, 0.6) is 0 Å². The molecule has 34 heavy (non-hydrogen) atoms. The van der Waals surface area contributed by atoms with E-state index in [1.807, 2.05) is 30.3 Å². The summed E-state index contributed by atoms with van der Waals surface area (Å²) in [5.74, 6) is -0.522. The zero-order valence-electron chi connectivity index (χ0n) is 18.8. The molecule has 1 aromatic heterocycles. The van der Waals surface area contributed by atoms with Crippen LogP contribution in [0.15, 0.2) is 71.8 Å². The lowest BCUT2D eigenvalue weighted by molar-refractivity contribution is -0.120. The van der Waals surface area contributed by atoms with Crippen molar-refractivity contribution >= 4 is 27.7 Å². The zero-order chi connectivity index (χ0) is 24.1. The van der Waals surface area contributed by atoms with Gasteiger partial charge in [0.1, 0.15) is 0 Å². The lowest BCUT2D eigenvalue weighted by Crippen LogP contribution is -2.41. The molecule has 4 rings (SSSR count). The minimum atomic E-state index is -3.72. The van der Waals surface area contributed by atoms with Crippen LogP contribution in [0.25, 0.3) is 5.69 Å². The van der Waals surface area contributed by atoms with E-state index in [1.54, 1.807) is 23.9 Å². The van der Waals surface area contributed by atoms with Gasteiger partial charge in [-0.25, -0.2) is 17.9 Å². The van der Waals surface area contributed by atoms with Crippen molar-refractivity contribution in [1.29, 1.82) is 0 Å². The molecule has 2 heterocycles. The molecule has 0 saturated carbocycles. The summed E-state index contributed by atoms with van der Waals surface area (Å²) in [5, 5.41) is 7.22. The summed E-state index contributed by atoms with van der Waals surface area (Å²) in [4.78, 5) is 24.6. The van der Waals surface area contributed by atoms with E-state index < -0.39 is 16.0 Å². The van der Waals surface area contributed by atoms with Crippen LogP contribution in [-0.4, -0.2) is 54.1 Å². The number of ether oxygens (including phenoxy) is 1. The smallest absolute Gasteiger partial charge is 0.338 e. The highest BCUT2D eigenvalue weighted by Crippen LogP contribution is 2.25. The molecule has 178 valence electrons. The minimum absolute atomic E-state index is 0.106. The zero-order valence-corrected chi connectivity index (χ0v) is 19.6. The summed E-state index contributed by atoms with van der Waals surface area (Å²) in [6, 6.07) is 17.0. The number of benzene rings is 2. The van der Waals surface area contributed by atoms with Crippen molar-refractivity contribution in [3.63, 3.8) is 0 Å². The number of nitrogens with zero attached hydrogens (tertiary/aromatic N) is 3. The number of piperidine rings is 1. The van der Waals surface area contributed by atoms with Crippen LogP contribution in [0.4, 0.5) is 5.82 Å². The maximum atomic E-state index is 13.0. The van der Waals surface area contributed by atoms with Gasteiger partial charge in [-0.3, -0.25) is 4.79 Å². The van der Waals surface area contributed by atoms with E-state index in [2.05, 4.69) is 10.4 Å². The number of carbonyl (C=O) groups excluding carboxylic acids is 2. The molecule has 0 aliphatic carbocycles. The first-order chi connectivity index (χ1) is 16.4. The third-order valence-corrected chi connectivity index (χ3v) is 7.60. The van der Waals surface area contributed by atoms with Crippen molar-refractivity contribution in [3.05, 3.63) is 72.4 Å². The molecule has 0 bridgehead atoms. The number of sulfonamides is 1. The first-order valence-electron chi connectivity index (χ1n) is 11.1. The molecule has 10 heteroatoms. The number of hydrogen-bond donors (Lipinski definition) is 1. The molecule has 1 saturated heterocycles. The maximum absolute atomic E-state index is 13.0. The Balaban J connectivity index is 1.34. The van der Waals surface area contributed by atoms with Crippen LogP contribution in [0, 0.1) is 5.92 Å². The average Bonchev–Trinajstić information content (AvgIpc) is 3.33. The van der Waals surface area contributed by atoms with Gasteiger partial charge < -0.3 is 10.1 Å². The minimum Gasteiger partial charge on any atom is -0.462 e. The number of anilines is 1. The van der Waals surface area contributed by atoms with E-state index in [-0.39, 0.29) is 36.4 Å². The van der Waals surface area contributed by atoms with E-state index in [1.165, 1.54) is 28.6 Å².